The van der Waals surface area contributed by atoms with E-state index in [0.717, 1.165) is 28.1 Å². The molecule has 0 saturated carbocycles. The lowest BCUT2D eigenvalue weighted by atomic mass is 9.92. The highest BCUT2D eigenvalue weighted by Gasteiger charge is 2.24. The fraction of sp³-hybridized carbons (Fsp3) is 0.258. The minimum atomic E-state index is -0.428. The molecule has 4 rings (SSSR count). The molecule has 1 N–H and O–H groups in total. The van der Waals surface area contributed by atoms with Gasteiger partial charge in [0, 0.05) is 23.6 Å². The van der Waals surface area contributed by atoms with Crippen LogP contribution < -0.4 is 5.32 Å². The van der Waals surface area contributed by atoms with Gasteiger partial charge in [-0.25, -0.2) is 9.07 Å². The number of rotatable bonds is 7. The van der Waals surface area contributed by atoms with Crippen molar-refractivity contribution in [1.29, 1.82) is 0 Å². The average Bonchev–Trinajstić information content (AvgIpc) is 3.28. The van der Waals surface area contributed by atoms with E-state index in [1.807, 2.05) is 62.4 Å². The summed E-state index contributed by atoms with van der Waals surface area (Å²) in [7, 11) is 0. The van der Waals surface area contributed by atoms with Crippen LogP contribution in [0.5, 0.6) is 0 Å². The van der Waals surface area contributed by atoms with Gasteiger partial charge >= 0.3 is 0 Å². The number of anilines is 1. The Bertz CT molecular complexity index is 1440. The number of amides is 2. The van der Waals surface area contributed by atoms with Crippen LogP contribution in [0.15, 0.2) is 78.9 Å². The molecule has 0 aliphatic rings. The summed E-state index contributed by atoms with van der Waals surface area (Å²) in [4.78, 5) is 28.2. The third-order valence-electron chi connectivity index (χ3n) is 6.25. The highest BCUT2D eigenvalue weighted by atomic mass is 19.1. The van der Waals surface area contributed by atoms with Crippen molar-refractivity contribution in [2.75, 3.05) is 11.9 Å². The first-order valence-corrected chi connectivity index (χ1v) is 12.6. The first-order valence-electron chi connectivity index (χ1n) is 12.6. The molecule has 2 amide bonds. The minimum absolute atomic E-state index is 0.186. The van der Waals surface area contributed by atoms with Crippen LogP contribution >= 0.6 is 0 Å². The van der Waals surface area contributed by atoms with Crippen LogP contribution in [0.4, 0.5) is 10.2 Å². The molecule has 6 nitrogen and oxygen atoms in total. The van der Waals surface area contributed by atoms with Gasteiger partial charge in [-0.05, 0) is 55.3 Å². The molecule has 0 bridgehead atoms. The third kappa shape index (κ3) is 6.35. The predicted octanol–water partition coefficient (Wildman–Crippen LogP) is 6.21. The summed E-state index contributed by atoms with van der Waals surface area (Å²) in [5.74, 6) is -0.617. The van der Waals surface area contributed by atoms with Crippen LogP contribution in [-0.2, 0) is 16.8 Å². The molecular formula is C31H33FN4O2. The Morgan fingerprint density at radius 1 is 0.947 bits per heavy atom. The fourth-order valence-corrected chi connectivity index (χ4v) is 4.20. The Labute approximate surface area is 223 Å². The second kappa shape index (κ2) is 11.0. The molecule has 0 unspecified atom stereocenters. The zero-order valence-corrected chi connectivity index (χ0v) is 22.5. The highest BCUT2D eigenvalue weighted by Crippen LogP contribution is 2.28. The van der Waals surface area contributed by atoms with E-state index in [-0.39, 0.29) is 30.3 Å². The lowest BCUT2D eigenvalue weighted by molar-refractivity contribution is -0.117. The van der Waals surface area contributed by atoms with Crippen molar-refractivity contribution in [3.05, 3.63) is 113 Å². The molecule has 1 aromatic heterocycles. The van der Waals surface area contributed by atoms with E-state index in [1.54, 1.807) is 4.68 Å². The van der Waals surface area contributed by atoms with Gasteiger partial charge in [-0.2, -0.15) is 5.10 Å². The van der Waals surface area contributed by atoms with E-state index in [1.165, 1.54) is 29.2 Å². The maximum atomic E-state index is 13.5. The number of nitrogens with one attached hydrogen (secondary N) is 1. The highest BCUT2D eigenvalue weighted by molar-refractivity contribution is 5.99. The van der Waals surface area contributed by atoms with Gasteiger partial charge in [0.2, 0.25) is 5.91 Å². The molecule has 0 spiro atoms. The quantitative estimate of drug-likeness (QED) is 0.320. The van der Waals surface area contributed by atoms with Crippen molar-refractivity contribution in [3.8, 4) is 5.69 Å². The summed E-state index contributed by atoms with van der Waals surface area (Å²) >= 11 is 0. The van der Waals surface area contributed by atoms with E-state index in [9.17, 15) is 14.0 Å². The van der Waals surface area contributed by atoms with Gasteiger partial charge in [0.15, 0.2) is 0 Å². The summed E-state index contributed by atoms with van der Waals surface area (Å²) in [5, 5.41) is 7.80. The zero-order valence-electron chi connectivity index (χ0n) is 22.5. The Kier molecular flexibility index (Phi) is 7.76. The number of benzene rings is 3. The maximum absolute atomic E-state index is 13.5. The van der Waals surface area contributed by atoms with Gasteiger partial charge in [0.1, 0.15) is 18.2 Å². The molecule has 0 radical (unpaired) electrons. The summed E-state index contributed by atoms with van der Waals surface area (Å²) in [5.41, 5.74) is 4.82. The lowest BCUT2D eigenvalue weighted by Gasteiger charge is -2.23. The molecule has 0 atom stereocenters. The topological polar surface area (TPSA) is 67.2 Å². The number of halogens is 1. The number of aromatic nitrogens is 2. The van der Waals surface area contributed by atoms with Crippen molar-refractivity contribution < 1.29 is 14.0 Å². The number of hydrogen-bond donors (Lipinski definition) is 1. The summed E-state index contributed by atoms with van der Waals surface area (Å²) < 4.78 is 15.2. The number of carbonyl (C=O) groups is 2. The molecule has 0 saturated heterocycles. The summed E-state index contributed by atoms with van der Waals surface area (Å²) in [6.07, 6.45) is 0. The second-order valence-corrected chi connectivity index (χ2v) is 10.6. The van der Waals surface area contributed by atoms with Crippen molar-refractivity contribution in [2.24, 2.45) is 0 Å². The van der Waals surface area contributed by atoms with E-state index in [0.29, 0.717) is 11.4 Å². The molecule has 4 aromatic rings. The number of hydrogen-bond acceptors (Lipinski definition) is 3. The van der Waals surface area contributed by atoms with Crippen molar-refractivity contribution in [1.82, 2.24) is 14.7 Å². The van der Waals surface area contributed by atoms with Gasteiger partial charge in [-0.3, -0.25) is 9.59 Å². The monoisotopic (exact) mass is 512 g/mol. The maximum Gasteiger partial charge on any atom is 0.254 e. The standard InChI is InChI=1S/C31H33FN4O2/c1-21-11-16-26(22(2)17-21)36-28(18-27(34-36)31(3,4)5)33-29(37)20-35(19-23-9-7-6-8-10-23)30(38)24-12-14-25(32)15-13-24/h6-18H,19-20H2,1-5H3,(H,33,37). The van der Waals surface area contributed by atoms with Gasteiger partial charge in [-0.1, -0.05) is 68.8 Å². The van der Waals surface area contributed by atoms with E-state index < -0.39 is 5.82 Å². The lowest BCUT2D eigenvalue weighted by Crippen LogP contribution is -2.37. The predicted molar refractivity (Wildman–Crippen MR) is 148 cm³/mol. The molecule has 0 fully saturated rings. The van der Waals surface area contributed by atoms with Gasteiger partial charge < -0.3 is 10.2 Å². The van der Waals surface area contributed by atoms with E-state index in [4.69, 9.17) is 5.10 Å². The molecule has 3 aromatic carbocycles. The average molecular weight is 513 g/mol. The zero-order chi connectivity index (χ0) is 27.4. The van der Waals surface area contributed by atoms with Crippen molar-refractivity contribution in [2.45, 2.75) is 46.6 Å². The first-order chi connectivity index (χ1) is 18.0. The Morgan fingerprint density at radius 2 is 1.63 bits per heavy atom. The second-order valence-electron chi connectivity index (χ2n) is 10.6. The SMILES string of the molecule is Cc1ccc(-n2nc(C(C)(C)C)cc2NC(=O)CN(Cc2ccccc2)C(=O)c2ccc(F)cc2)c(C)c1. The number of nitrogens with zero attached hydrogens (tertiary/aromatic N) is 3. The summed E-state index contributed by atoms with van der Waals surface area (Å²) in [6.45, 7) is 10.3. The van der Waals surface area contributed by atoms with Gasteiger partial charge in [0.25, 0.3) is 5.91 Å². The van der Waals surface area contributed by atoms with Crippen LogP contribution in [0.25, 0.3) is 5.69 Å². The Morgan fingerprint density at radius 3 is 2.26 bits per heavy atom. The normalized spacial score (nSPS) is 11.3. The fourth-order valence-electron chi connectivity index (χ4n) is 4.20. The number of aryl methyl sites for hydroxylation is 2. The Hall–Kier alpha value is -4.26. The molecule has 196 valence electrons. The first kappa shape index (κ1) is 26.8. The van der Waals surface area contributed by atoms with E-state index >= 15 is 0 Å². The molecular weight excluding hydrogens is 479 g/mol. The van der Waals surface area contributed by atoms with Crippen molar-refractivity contribution in [3.63, 3.8) is 0 Å². The van der Waals surface area contributed by atoms with Gasteiger partial charge in [0.05, 0.1) is 11.4 Å². The molecule has 7 heteroatoms. The number of carbonyl (C=O) groups excluding carboxylic acids is 2. The van der Waals surface area contributed by atoms with Crippen molar-refractivity contribution >= 4 is 17.6 Å². The minimum Gasteiger partial charge on any atom is -0.325 e. The van der Waals surface area contributed by atoms with Crippen LogP contribution in [-0.4, -0.2) is 33.0 Å². The smallest absolute Gasteiger partial charge is 0.254 e. The molecule has 38 heavy (non-hydrogen) atoms. The van der Waals surface area contributed by atoms with Crippen LogP contribution in [0, 0.1) is 19.7 Å². The van der Waals surface area contributed by atoms with Crippen LogP contribution in [0.2, 0.25) is 0 Å². The van der Waals surface area contributed by atoms with E-state index in [2.05, 4.69) is 32.2 Å². The van der Waals surface area contributed by atoms with Gasteiger partial charge in [-0.15, -0.1) is 0 Å². The third-order valence-corrected chi connectivity index (χ3v) is 6.25. The largest absolute Gasteiger partial charge is 0.325 e. The van der Waals surface area contributed by atoms with Crippen LogP contribution in [0.3, 0.4) is 0 Å². The summed E-state index contributed by atoms with van der Waals surface area (Å²) in [6, 6.07) is 22.7. The van der Waals surface area contributed by atoms with Crippen LogP contribution in [0.1, 0.15) is 53.5 Å². The molecule has 1 heterocycles. The Balaban J connectivity index is 1.64. The molecule has 0 aliphatic carbocycles. The molecule has 0 aliphatic heterocycles.